The Morgan fingerprint density at radius 2 is 1.78 bits per heavy atom. The molecule has 186 valence electrons. The van der Waals surface area contributed by atoms with Crippen molar-refractivity contribution in [3.63, 3.8) is 0 Å². The Kier molecular flexibility index (Phi) is 7.85. The van der Waals surface area contributed by atoms with Gasteiger partial charge in [0.25, 0.3) is 15.9 Å². The highest BCUT2D eigenvalue weighted by Gasteiger charge is 2.26. The molecule has 0 radical (unpaired) electrons. The van der Waals surface area contributed by atoms with Crippen LogP contribution in [0.3, 0.4) is 0 Å². The van der Waals surface area contributed by atoms with Gasteiger partial charge < -0.3 is 10.1 Å². The van der Waals surface area contributed by atoms with Crippen LogP contribution in [-0.2, 0) is 26.0 Å². The summed E-state index contributed by atoms with van der Waals surface area (Å²) in [5.74, 6) is -1.18. The predicted octanol–water partition coefficient (Wildman–Crippen LogP) is 4.42. The first-order valence-electron chi connectivity index (χ1n) is 11.7. The number of carbonyl (C=O) groups is 2. The number of para-hydroxylation sites is 1. The monoisotopic (exact) mass is 504 g/mol. The molecule has 36 heavy (non-hydrogen) atoms. The number of nitrogens with zero attached hydrogens (tertiary/aromatic N) is 1. The molecule has 8 heteroatoms. The molecular formula is C28H28N2O5S. The van der Waals surface area contributed by atoms with E-state index in [2.05, 4.69) is 18.0 Å². The molecule has 1 aliphatic rings. The summed E-state index contributed by atoms with van der Waals surface area (Å²) in [5, 5.41) is 2.94. The van der Waals surface area contributed by atoms with E-state index in [9.17, 15) is 18.0 Å². The summed E-state index contributed by atoms with van der Waals surface area (Å²) < 4.78 is 33.1. The second-order valence-corrected chi connectivity index (χ2v) is 10.3. The van der Waals surface area contributed by atoms with E-state index in [-0.39, 0.29) is 23.0 Å². The van der Waals surface area contributed by atoms with E-state index in [0.717, 1.165) is 24.8 Å². The molecule has 3 aromatic rings. The Balaban J connectivity index is 1.43. The van der Waals surface area contributed by atoms with Gasteiger partial charge in [-0.15, -0.1) is 6.58 Å². The zero-order chi connectivity index (χ0) is 25.5. The molecule has 0 saturated carbocycles. The predicted molar refractivity (Wildman–Crippen MR) is 138 cm³/mol. The highest BCUT2D eigenvalue weighted by Crippen LogP contribution is 2.29. The zero-order valence-corrected chi connectivity index (χ0v) is 20.6. The SMILES string of the molecule is C=CCN(c1ccccc1)S(=O)(=O)c1cccc(C(=O)OCC(=O)N[C@H]2CCCc3ccccc32)c1. The molecule has 1 N–H and O–H groups in total. The van der Waals surface area contributed by atoms with Crippen molar-refractivity contribution >= 4 is 27.6 Å². The van der Waals surface area contributed by atoms with Crippen molar-refractivity contribution in [2.24, 2.45) is 0 Å². The lowest BCUT2D eigenvalue weighted by molar-refractivity contribution is -0.125. The first-order chi connectivity index (χ1) is 17.4. The minimum absolute atomic E-state index is 0.0403. The number of amides is 1. The van der Waals surface area contributed by atoms with E-state index in [1.807, 2.05) is 18.2 Å². The number of carbonyl (C=O) groups excluding carboxylic acids is 2. The number of rotatable bonds is 9. The molecule has 0 saturated heterocycles. The number of hydrogen-bond donors (Lipinski definition) is 1. The molecule has 4 rings (SSSR count). The summed E-state index contributed by atoms with van der Waals surface area (Å²) in [5.41, 5.74) is 2.82. The van der Waals surface area contributed by atoms with Gasteiger partial charge in [-0.3, -0.25) is 9.10 Å². The number of ether oxygens (including phenoxy) is 1. The number of nitrogens with one attached hydrogen (secondary N) is 1. The maximum absolute atomic E-state index is 13.3. The largest absolute Gasteiger partial charge is 0.452 e. The maximum atomic E-state index is 13.3. The van der Waals surface area contributed by atoms with E-state index in [1.165, 1.54) is 40.2 Å². The Labute approximate surface area is 211 Å². The third-order valence-electron chi connectivity index (χ3n) is 6.04. The molecule has 0 bridgehead atoms. The van der Waals surface area contributed by atoms with Crippen LogP contribution in [0.2, 0.25) is 0 Å². The summed E-state index contributed by atoms with van der Waals surface area (Å²) in [4.78, 5) is 25.1. The van der Waals surface area contributed by atoms with E-state index in [0.29, 0.717) is 5.69 Å². The van der Waals surface area contributed by atoms with E-state index < -0.39 is 28.5 Å². The molecular weight excluding hydrogens is 476 g/mol. The third kappa shape index (κ3) is 5.66. The molecule has 0 fully saturated rings. The molecule has 0 aromatic heterocycles. The molecule has 1 amide bonds. The summed E-state index contributed by atoms with van der Waals surface area (Å²) in [6.45, 7) is 3.26. The number of esters is 1. The summed E-state index contributed by atoms with van der Waals surface area (Å²) in [6.07, 6.45) is 4.26. The van der Waals surface area contributed by atoms with Crippen molar-refractivity contribution in [1.29, 1.82) is 0 Å². The van der Waals surface area contributed by atoms with Crippen molar-refractivity contribution in [3.05, 3.63) is 108 Å². The van der Waals surface area contributed by atoms with E-state index in [4.69, 9.17) is 4.74 Å². The van der Waals surface area contributed by atoms with Crippen LogP contribution in [0.4, 0.5) is 5.69 Å². The lowest BCUT2D eigenvalue weighted by Gasteiger charge is -2.26. The lowest BCUT2D eigenvalue weighted by atomic mass is 9.88. The van der Waals surface area contributed by atoms with Gasteiger partial charge in [-0.25, -0.2) is 13.2 Å². The molecule has 0 unspecified atom stereocenters. The van der Waals surface area contributed by atoms with Crippen LogP contribution in [-0.4, -0.2) is 33.4 Å². The standard InChI is InChI=1S/C28H28N2O5S/c1-2-18-30(23-13-4-3-5-14-23)36(33,34)24-15-8-12-22(19-24)28(32)35-20-27(31)29-26-17-9-11-21-10-6-7-16-25(21)26/h2-8,10,12-16,19,26H,1,9,11,17-18,20H2,(H,29,31)/t26-/m0/s1. The van der Waals surface area contributed by atoms with Gasteiger partial charge in [-0.05, 0) is 60.7 Å². The fourth-order valence-electron chi connectivity index (χ4n) is 4.32. The van der Waals surface area contributed by atoms with Crippen LogP contribution in [0.15, 0.2) is 96.4 Å². The topological polar surface area (TPSA) is 92.8 Å². The Morgan fingerprint density at radius 1 is 1.03 bits per heavy atom. The Hall–Kier alpha value is -3.91. The van der Waals surface area contributed by atoms with Gasteiger partial charge in [0.05, 0.1) is 28.7 Å². The fourth-order valence-corrected chi connectivity index (χ4v) is 5.80. The second-order valence-electron chi connectivity index (χ2n) is 8.48. The van der Waals surface area contributed by atoms with Gasteiger partial charge in [-0.1, -0.05) is 54.6 Å². The molecule has 1 aliphatic carbocycles. The van der Waals surface area contributed by atoms with Crippen molar-refractivity contribution in [3.8, 4) is 0 Å². The normalized spacial score (nSPS) is 14.8. The highest BCUT2D eigenvalue weighted by molar-refractivity contribution is 7.92. The molecule has 0 aliphatic heterocycles. The Bertz CT molecular complexity index is 1360. The number of hydrogen-bond acceptors (Lipinski definition) is 5. The molecule has 0 spiro atoms. The van der Waals surface area contributed by atoms with Crippen molar-refractivity contribution in [1.82, 2.24) is 5.32 Å². The van der Waals surface area contributed by atoms with Crippen molar-refractivity contribution < 1.29 is 22.7 Å². The molecule has 7 nitrogen and oxygen atoms in total. The Morgan fingerprint density at radius 3 is 2.56 bits per heavy atom. The van der Waals surface area contributed by atoms with E-state index >= 15 is 0 Å². The fraction of sp³-hybridized carbons (Fsp3) is 0.214. The van der Waals surface area contributed by atoms with Gasteiger partial charge >= 0.3 is 5.97 Å². The van der Waals surface area contributed by atoms with Crippen LogP contribution < -0.4 is 9.62 Å². The number of anilines is 1. The summed E-state index contributed by atoms with van der Waals surface area (Å²) in [7, 11) is -3.98. The summed E-state index contributed by atoms with van der Waals surface area (Å²) in [6, 6.07) is 22.1. The van der Waals surface area contributed by atoms with Crippen molar-refractivity contribution in [2.45, 2.75) is 30.2 Å². The zero-order valence-electron chi connectivity index (χ0n) is 19.8. The van der Waals surface area contributed by atoms with Crippen LogP contribution in [0.5, 0.6) is 0 Å². The van der Waals surface area contributed by atoms with Crippen molar-refractivity contribution in [2.75, 3.05) is 17.5 Å². The number of sulfonamides is 1. The van der Waals surface area contributed by atoms with Gasteiger partial charge in [0.15, 0.2) is 6.61 Å². The number of aryl methyl sites for hydroxylation is 1. The second kappa shape index (κ2) is 11.2. The van der Waals surface area contributed by atoms with Gasteiger partial charge in [0.1, 0.15) is 0 Å². The van der Waals surface area contributed by atoms with Crippen LogP contribution in [0.1, 0.15) is 40.4 Å². The first-order valence-corrected chi connectivity index (χ1v) is 13.2. The van der Waals surface area contributed by atoms with Crippen LogP contribution in [0.25, 0.3) is 0 Å². The van der Waals surface area contributed by atoms with Gasteiger partial charge in [0, 0.05) is 0 Å². The minimum Gasteiger partial charge on any atom is -0.452 e. The minimum atomic E-state index is -3.98. The first kappa shape index (κ1) is 25.2. The molecule has 0 heterocycles. The smallest absolute Gasteiger partial charge is 0.338 e. The average molecular weight is 505 g/mol. The third-order valence-corrected chi connectivity index (χ3v) is 7.83. The lowest BCUT2D eigenvalue weighted by Crippen LogP contribution is -2.34. The molecule has 3 aromatic carbocycles. The van der Waals surface area contributed by atoms with Crippen LogP contribution in [0, 0.1) is 0 Å². The van der Waals surface area contributed by atoms with Crippen LogP contribution >= 0.6 is 0 Å². The summed E-state index contributed by atoms with van der Waals surface area (Å²) >= 11 is 0. The quantitative estimate of drug-likeness (QED) is 0.344. The average Bonchev–Trinajstić information content (AvgIpc) is 2.91. The number of fused-ring (bicyclic) bond motifs is 1. The van der Waals surface area contributed by atoms with Gasteiger partial charge in [-0.2, -0.15) is 0 Å². The van der Waals surface area contributed by atoms with E-state index in [1.54, 1.807) is 30.3 Å². The maximum Gasteiger partial charge on any atom is 0.338 e. The number of benzene rings is 3. The van der Waals surface area contributed by atoms with Gasteiger partial charge in [0.2, 0.25) is 0 Å². The highest BCUT2D eigenvalue weighted by atomic mass is 32.2. The molecule has 1 atom stereocenters.